The minimum absolute atomic E-state index is 0.0730. The fourth-order valence-electron chi connectivity index (χ4n) is 3.86. The third kappa shape index (κ3) is 3.05. The molecule has 2 fully saturated rings. The topological polar surface area (TPSA) is 76.1 Å². The molecule has 0 spiro atoms. The molecule has 1 aliphatic carbocycles. The van der Waals surface area contributed by atoms with Crippen molar-refractivity contribution < 1.29 is 24.2 Å². The maximum Gasteiger partial charge on any atom is 0.311 e. The maximum absolute atomic E-state index is 12.4. The zero-order valence-electron chi connectivity index (χ0n) is 13.9. The Morgan fingerprint density at radius 3 is 2.50 bits per heavy atom. The van der Waals surface area contributed by atoms with E-state index in [1.165, 1.54) is 0 Å². The molecule has 1 heterocycles. The number of carboxylic acids is 1. The van der Waals surface area contributed by atoms with Gasteiger partial charge in [-0.15, -0.1) is 0 Å². The first-order chi connectivity index (χ1) is 11.5. The Morgan fingerprint density at radius 1 is 1.25 bits per heavy atom. The molecule has 3 rings (SSSR count). The van der Waals surface area contributed by atoms with Crippen molar-refractivity contribution in [3.8, 4) is 11.5 Å². The molecule has 0 radical (unpaired) electrons. The van der Waals surface area contributed by atoms with Crippen molar-refractivity contribution in [1.82, 2.24) is 4.90 Å². The summed E-state index contributed by atoms with van der Waals surface area (Å²) in [5.41, 5.74) is -0.741. The van der Waals surface area contributed by atoms with Crippen molar-refractivity contribution in [2.45, 2.75) is 26.2 Å². The second-order valence-electron chi connectivity index (χ2n) is 6.52. The minimum atomic E-state index is -0.771. The minimum Gasteiger partial charge on any atom is -0.494 e. The van der Waals surface area contributed by atoms with E-state index in [9.17, 15) is 14.7 Å². The molecule has 130 valence electrons. The van der Waals surface area contributed by atoms with Crippen LogP contribution in [0.25, 0.3) is 0 Å². The lowest BCUT2D eigenvalue weighted by atomic mass is 9.81. The zero-order valence-corrected chi connectivity index (χ0v) is 13.9. The molecule has 6 heteroatoms. The summed E-state index contributed by atoms with van der Waals surface area (Å²) >= 11 is 0. The van der Waals surface area contributed by atoms with Gasteiger partial charge < -0.3 is 19.5 Å². The molecule has 0 aromatic heterocycles. The summed E-state index contributed by atoms with van der Waals surface area (Å²) in [4.78, 5) is 25.7. The van der Waals surface area contributed by atoms with E-state index in [1.54, 1.807) is 29.2 Å². The number of amides is 1. The summed E-state index contributed by atoms with van der Waals surface area (Å²) in [6, 6.07) is 7.11. The summed E-state index contributed by atoms with van der Waals surface area (Å²) in [7, 11) is 0. The first-order valence-corrected chi connectivity index (χ1v) is 8.42. The Balaban J connectivity index is 1.55. The second-order valence-corrected chi connectivity index (χ2v) is 6.52. The molecule has 2 aliphatic rings. The fourth-order valence-corrected chi connectivity index (χ4v) is 3.86. The summed E-state index contributed by atoms with van der Waals surface area (Å²) in [6.07, 6.45) is 2.48. The molecule has 6 nitrogen and oxygen atoms in total. The van der Waals surface area contributed by atoms with E-state index in [0.29, 0.717) is 31.9 Å². The number of nitrogens with zero attached hydrogens (tertiary/aromatic N) is 1. The van der Waals surface area contributed by atoms with Gasteiger partial charge in [0.1, 0.15) is 11.5 Å². The van der Waals surface area contributed by atoms with Gasteiger partial charge in [0.2, 0.25) is 0 Å². The number of aliphatic carboxylic acids is 1. The summed E-state index contributed by atoms with van der Waals surface area (Å²) in [6.45, 7) is 3.27. The van der Waals surface area contributed by atoms with Crippen molar-refractivity contribution >= 4 is 11.9 Å². The summed E-state index contributed by atoms with van der Waals surface area (Å²) in [5, 5.41) is 9.57. The monoisotopic (exact) mass is 333 g/mol. The molecule has 24 heavy (non-hydrogen) atoms. The number of carboxylic acid groups (broad SMARTS) is 1. The molecule has 0 bridgehead atoms. The van der Waals surface area contributed by atoms with E-state index >= 15 is 0 Å². The van der Waals surface area contributed by atoms with Gasteiger partial charge in [0, 0.05) is 13.1 Å². The van der Waals surface area contributed by atoms with Crippen LogP contribution in [0.2, 0.25) is 0 Å². The zero-order chi connectivity index (χ0) is 17.2. The Bertz CT molecular complexity index is 614. The standard InChI is InChI=1S/C18H23NO5/c1-2-23-14-5-7-15(8-6-14)24-11-16(20)19-10-13-4-3-9-18(13,12-19)17(21)22/h5-8,13H,2-4,9-12H2,1H3,(H,21,22)/t13-,18+/m0/s1. The Morgan fingerprint density at radius 2 is 1.92 bits per heavy atom. The number of carbonyl (C=O) groups excluding carboxylic acids is 1. The SMILES string of the molecule is CCOc1ccc(OCC(=O)N2C[C@@H]3CCC[C@@]3(C(=O)O)C2)cc1. The van der Waals surface area contributed by atoms with Gasteiger partial charge in [-0.3, -0.25) is 9.59 Å². The van der Waals surface area contributed by atoms with Gasteiger partial charge in [-0.05, 0) is 49.9 Å². The summed E-state index contributed by atoms with van der Waals surface area (Å²) in [5.74, 6) is 0.502. The number of rotatable bonds is 6. The van der Waals surface area contributed by atoms with Crippen LogP contribution in [0.15, 0.2) is 24.3 Å². The Labute approximate surface area is 141 Å². The number of fused-ring (bicyclic) bond motifs is 1. The normalized spacial score (nSPS) is 25.4. The summed E-state index contributed by atoms with van der Waals surface area (Å²) < 4.78 is 10.9. The molecule has 2 atom stereocenters. The molecular weight excluding hydrogens is 310 g/mol. The van der Waals surface area contributed by atoms with Gasteiger partial charge in [-0.25, -0.2) is 0 Å². The highest BCUT2D eigenvalue weighted by atomic mass is 16.5. The predicted octanol–water partition coefficient (Wildman–Crippen LogP) is 2.18. The van der Waals surface area contributed by atoms with Crippen LogP contribution in [0.5, 0.6) is 11.5 Å². The van der Waals surface area contributed by atoms with Gasteiger partial charge in [0.25, 0.3) is 5.91 Å². The van der Waals surface area contributed by atoms with E-state index < -0.39 is 11.4 Å². The number of benzene rings is 1. The molecule has 1 saturated heterocycles. The van der Waals surface area contributed by atoms with Crippen LogP contribution >= 0.6 is 0 Å². The number of hydrogen-bond acceptors (Lipinski definition) is 4. The van der Waals surface area contributed by atoms with Crippen molar-refractivity contribution in [3.63, 3.8) is 0 Å². The first-order valence-electron chi connectivity index (χ1n) is 8.42. The number of likely N-dealkylation sites (tertiary alicyclic amines) is 1. The van der Waals surface area contributed by atoms with Gasteiger partial charge in [-0.2, -0.15) is 0 Å². The molecule has 1 amide bonds. The molecule has 1 aromatic rings. The van der Waals surface area contributed by atoms with E-state index in [2.05, 4.69) is 0 Å². The van der Waals surface area contributed by atoms with Gasteiger partial charge in [0.05, 0.1) is 12.0 Å². The lowest BCUT2D eigenvalue weighted by Gasteiger charge is -2.23. The average Bonchev–Trinajstić information content (AvgIpc) is 3.12. The van der Waals surface area contributed by atoms with Gasteiger partial charge >= 0.3 is 5.97 Å². The Kier molecular flexibility index (Phi) is 4.64. The lowest BCUT2D eigenvalue weighted by molar-refractivity contribution is -0.149. The van der Waals surface area contributed by atoms with Crippen LogP contribution in [0.1, 0.15) is 26.2 Å². The van der Waals surface area contributed by atoms with E-state index in [1.807, 2.05) is 6.92 Å². The highest BCUT2D eigenvalue weighted by Crippen LogP contribution is 2.48. The fraction of sp³-hybridized carbons (Fsp3) is 0.556. The van der Waals surface area contributed by atoms with Gasteiger partial charge in [-0.1, -0.05) is 6.42 Å². The number of ether oxygens (including phenoxy) is 2. The van der Waals surface area contributed by atoms with Crippen LogP contribution in [-0.2, 0) is 9.59 Å². The Hall–Kier alpha value is -2.24. The van der Waals surface area contributed by atoms with E-state index in [-0.39, 0.29) is 18.4 Å². The van der Waals surface area contributed by atoms with Crippen LogP contribution in [0.4, 0.5) is 0 Å². The van der Waals surface area contributed by atoms with Crippen molar-refractivity contribution in [2.24, 2.45) is 11.3 Å². The van der Waals surface area contributed by atoms with E-state index in [0.717, 1.165) is 18.6 Å². The smallest absolute Gasteiger partial charge is 0.311 e. The molecule has 1 N–H and O–H groups in total. The quantitative estimate of drug-likeness (QED) is 0.863. The molecular formula is C18H23NO5. The van der Waals surface area contributed by atoms with Crippen molar-refractivity contribution in [2.75, 3.05) is 26.3 Å². The highest BCUT2D eigenvalue weighted by Gasteiger charge is 2.55. The van der Waals surface area contributed by atoms with Crippen molar-refractivity contribution in [3.05, 3.63) is 24.3 Å². The number of carbonyl (C=O) groups is 2. The molecule has 0 unspecified atom stereocenters. The lowest BCUT2D eigenvalue weighted by Crippen LogP contribution is -2.38. The maximum atomic E-state index is 12.4. The third-order valence-corrected chi connectivity index (χ3v) is 5.15. The van der Waals surface area contributed by atoms with Crippen LogP contribution in [0.3, 0.4) is 0 Å². The van der Waals surface area contributed by atoms with Crippen LogP contribution < -0.4 is 9.47 Å². The molecule has 1 saturated carbocycles. The van der Waals surface area contributed by atoms with Crippen LogP contribution in [-0.4, -0.2) is 48.2 Å². The third-order valence-electron chi connectivity index (χ3n) is 5.15. The first kappa shape index (κ1) is 16.6. The van der Waals surface area contributed by atoms with Gasteiger partial charge in [0.15, 0.2) is 6.61 Å². The molecule has 1 aliphatic heterocycles. The van der Waals surface area contributed by atoms with E-state index in [4.69, 9.17) is 9.47 Å². The predicted molar refractivity (Wildman–Crippen MR) is 87.1 cm³/mol. The largest absolute Gasteiger partial charge is 0.494 e. The van der Waals surface area contributed by atoms with Crippen molar-refractivity contribution in [1.29, 1.82) is 0 Å². The second kappa shape index (κ2) is 6.71. The number of hydrogen-bond donors (Lipinski definition) is 1. The molecule has 1 aromatic carbocycles. The average molecular weight is 333 g/mol. The highest BCUT2D eigenvalue weighted by molar-refractivity contribution is 5.82. The van der Waals surface area contributed by atoms with Crippen LogP contribution in [0, 0.1) is 11.3 Å².